The third-order valence-corrected chi connectivity index (χ3v) is 3.54. The molecule has 1 aliphatic heterocycles. The van der Waals surface area contributed by atoms with Gasteiger partial charge < -0.3 is 10.1 Å². The Hall–Kier alpha value is -1.06. The average Bonchev–Trinajstić information content (AvgIpc) is 2.54. The van der Waals surface area contributed by atoms with E-state index in [1.54, 1.807) is 0 Å². The molecule has 1 aliphatic carbocycles. The van der Waals surface area contributed by atoms with Crippen molar-refractivity contribution < 1.29 is 14.3 Å². The normalized spacial score (nSPS) is 32.9. The molecule has 2 rings (SSSR count). The molecule has 3 atom stereocenters. The molecule has 4 heteroatoms. The maximum atomic E-state index is 12.1. The van der Waals surface area contributed by atoms with Gasteiger partial charge >= 0.3 is 5.97 Å². The van der Waals surface area contributed by atoms with Crippen LogP contribution in [0.3, 0.4) is 0 Å². The largest absolute Gasteiger partial charge is 0.460 e. The SMILES string of the molecule is CC(C)(C)OC(=O)C1CCC[C@@H]2NC(=O)C[C@H]12. The summed E-state index contributed by atoms with van der Waals surface area (Å²) < 4.78 is 5.44. The van der Waals surface area contributed by atoms with E-state index in [-0.39, 0.29) is 29.8 Å². The van der Waals surface area contributed by atoms with Crippen LogP contribution in [0.5, 0.6) is 0 Å². The highest BCUT2D eigenvalue weighted by atomic mass is 16.6. The van der Waals surface area contributed by atoms with Crippen molar-refractivity contribution in [2.75, 3.05) is 0 Å². The summed E-state index contributed by atoms with van der Waals surface area (Å²) in [5.74, 6) is -0.0165. The fourth-order valence-electron chi connectivity index (χ4n) is 2.88. The highest BCUT2D eigenvalue weighted by Crippen LogP contribution is 2.37. The molecule has 1 saturated heterocycles. The first-order valence-electron chi connectivity index (χ1n) is 6.39. The van der Waals surface area contributed by atoms with Crippen LogP contribution in [-0.2, 0) is 14.3 Å². The van der Waals surface area contributed by atoms with Crippen LogP contribution < -0.4 is 5.32 Å². The van der Waals surface area contributed by atoms with Gasteiger partial charge in [0.1, 0.15) is 5.60 Å². The maximum absolute atomic E-state index is 12.1. The molecule has 0 bridgehead atoms. The maximum Gasteiger partial charge on any atom is 0.309 e. The van der Waals surface area contributed by atoms with E-state index in [4.69, 9.17) is 4.74 Å². The molecule has 17 heavy (non-hydrogen) atoms. The predicted molar refractivity (Wildman–Crippen MR) is 63.2 cm³/mol. The van der Waals surface area contributed by atoms with Gasteiger partial charge in [-0.05, 0) is 33.6 Å². The zero-order chi connectivity index (χ0) is 12.6. The molecule has 1 N–H and O–H groups in total. The standard InChI is InChI=1S/C13H21NO3/c1-13(2,3)17-12(16)8-5-4-6-10-9(8)7-11(15)14-10/h8-10H,4-7H2,1-3H3,(H,14,15)/t8?,9-,10+/m1/s1. The van der Waals surface area contributed by atoms with Gasteiger partial charge in [-0.1, -0.05) is 6.42 Å². The van der Waals surface area contributed by atoms with Gasteiger partial charge in [-0.3, -0.25) is 9.59 Å². The molecule has 96 valence electrons. The van der Waals surface area contributed by atoms with E-state index in [1.807, 2.05) is 20.8 Å². The van der Waals surface area contributed by atoms with E-state index in [0.717, 1.165) is 19.3 Å². The van der Waals surface area contributed by atoms with Crippen LogP contribution in [0.25, 0.3) is 0 Å². The molecule has 2 aliphatic rings. The first-order chi connectivity index (χ1) is 7.87. The van der Waals surface area contributed by atoms with Crippen molar-refractivity contribution in [1.82, 2.24) is 5.32 Å². The van der Waals surface area contributed by atoms with Crippen molar-refractivity contribution >= 4 is 11.9 Å². The summed E-state index contributed by atoms with van der Waals surface area (Å²) in [6, 6.07) is 0.189. The van der Waals surface area contributed by atoms with Crippen LogP contribution in [0.4, 0.5) is 0 Å². The number of hydrogen-bond donors (Lipinski definition) is 1. The predicted octanol–water partition coefficient (Wildman–Crippen LogP) is 1.63. The average molecular weight is 239 g/mol. The second-order valence-corrected chi connectivity index (χ2v) is 6.11. The lowest BCUT2D eigenvalue weighted by Crippen LogP contribution is -2.41. The van der Waals surface area contributed by atoms with Crippen molar-refractivity contribution in [3.05, 3.63) is 0 Å². The van der Waals surface area contributed by atoms with Gasteiger partial charge in [0, 0.05) is 18.4 Å². The molecule has 4 nitrogen and oxygen atoms in total. The molecule has 2 fully saturated rings. The molecule has 0 aromatic rings. The van der Waals surface area contributed by atoms with Crippen LogP contribution in [0, 0.1) is 11.8 Å². The number of ether oxygens (including phenoxy) is 1. The van der Waals surface area contributed by atoms with Crippen LogP contribution >= 0.6 is 0 Å². The number of fused-ring (bicyclic) bond motifs is 1. The minimum atomic E-state index is -0.444. The van der Waals surface area contributed by atoms with Gasteiger partial charge in [0.15, 0.2) is 0 Å². The zero-order valence-corrected chi connectivity index (χ0v) is 10.8. The molecule has 0 aromatic heterocycles. The first kappa shape index (κ1) is 12.4. The number of carbonyl (C=O) groups is 2. The Morgan fingerprint density at radius 1 is 1.35 bits per heavy atom. The lowest BCUT2D eigenvalue weighted by atomic mass is 9.76. The fraction of sp³-hybridized carbons (Fsp3) is 0.846. The Balaban J connectivity index is 2.05. The number of hydrogen-bond acceptors (Lipinski definition) is 3. The first-order valence-corrected chi connectivity index (χ1v) is 6.39. The molecule has 1 heterocycles. The Morgan fingerprint density at radius 3 is 2.71 bits per heavy atom. The highest BCUT2D eigenvalue weighted by Gasteiger charge is 2.44. The van der Waals surface area contributed by atoms with Gasteiger partial charge in [0.05, 0.1) is 5.92 Å². The minimum absolute atomic E-state index is 0.0791. The summed E-state index contributed by atoms with van der Waals surface area (Å²) in [4.78, 5) is 23.5. The summed E-state index contributed by atoms with van der Waals surface area (Å²) in [6.45, 7) is 5.63. The van der Waals surface area contributed by atoms with Crippen LogP contribution in [-0.4, -0.2) is 23.5 Å². The number of nitrogens with one attached hydrogen (secondary N) is 1. The smallest absolute Gasteiger partial charge is 0.309 e. The summed E-state index contributed by atoms with van der Waals surface area (Å²) >= 11 is 0. The molecule has 1 unspecified atom stereocenters. The molecule has 1 saturated carbocycles. The fourth-order valence-corrected chi connectivity index (χ4v) is 2.88. The molecule has 1 amide bonds. The Labute approximate surface area is 102 Å². The van der Waals surface area contributed by atoms with E-state index in [9.17, 15) is 9.59 Å². The van der Waals surface area contributed by atoms with E-state index < -0.39 is 5.60 Å². The van der Waals surface area contributed by atoms with Crippen LogP contribution in [0.15, 0.2) is 0 Å². The molecule has 0 radical (unpaired) electrons. The lowest BCUT2D eigenvalue weighted by molar-refractivity contribution is -0.163. The minimum Gasteiger partial charge on any atom is -0.460 e. The lowest BCUT2D eigenvalue weighted by Gasteiger charge is -2.33. The van der Waals surface area contributed by atoms with Crippen LogP contribution in [0.2, 0.25) is 0 Å². The van der Waals surface area contributed by atoms with Crippen molar-refractivity contribution in [2.45, 2.75) is 58.1 Å². The summed E-state index contributed by atoms with van der Waals surface area (Å²) in [6.07, 6.45) is 3.32. The molecular formula is C13H21NO3. The number of rotatable bonds is 1. The second kappa shape index (κ2) is 4.31. The van der Waals surface area contributed by atoms with E-state index in [0.29, 0.717) is 6.42 Å². The summed E-state index contributed by atoms with van der Waals surface area (Å²) in [5.41, 5.74) is -0.444. The van der Waals surface area contributed by atoms with Crippen molar-refractivity contribution in [1.29, 1.82) is 0 Å². The molecular weight excluding hydrogens is 218 g/mol. The zero-order valence-electron chi connectivity index (χ0n) is 10.8. The van der Waals surface area contributed by atoms with Crippen molar-refractivity contribution in [3.8, 4) is 0 Å². The van der Waals surface area contributed by atoms with Gasteiger partial charge in [-0.25, -0.2) is 0 Å². The third kappa shape index (κ3) is 2.79. The number of esters is 1. The van der Waals surface area contributed by atoms with Crippen molar-refractivity contribution in [3.63, 3.8) is 0 Å². The third-order valence-electron chi connectivity index (χ3n) is 3.54. The van der Waals surface area contributed by atoms with Gasteiger partial charge in [-0.15, -0.1) is 0 Å². The number of amides is 1. The van der Waals surface area contributed by atoms with E-state index in [1.165, 1.54) is 0 Å². The van der Waals surface area contributed by atoms with E-state index >= 15 is 0 Å². The highest BCUT2D eigenvalue weighted by molar-refractivity contribution is 5.81. The van der Waals surface area contributed by atoms with Gasteiger partial charge in [-0.2, -0.15) is 0 Å². The topological polar surface area (TPSA) is 55.4 Å². The summed E-state index contributed by atoms with van der Waals surface area (Å²) in [5, 5.41) is 2.96. The quantitative estimate of drug-likeness (QED) is 0.708. The van der Waals surface area contributed by atoms with Gasteiger partial charge in [0.2, 0.25) is 5.91 Å². The number of carbonyl (C=O) groups excluding carboxylic acids is 2. The Kier molecular flexibility index (Phi) is 3.15. The van der Waals surface area contributed by atoms with Gasteiger partial charge in [0.25, 0.3) is 0 Å². The van der Waals surface area contributed by atoms with E-state index in [2.05, 4.69) is 5.32 Å². The molecule has 0 spiro atoms. The Morgan fingerprint density at radius 2 is 2.06 bits per heavy atom. The van der Waals surface area contributed by atoms with Crippen LogP contribution in [0.1, 0.15) is 46.5 Å². The van der Waals surface area contributed by atoms with Crippen molar-refractivity contribution in [2.24, 2.45) is 11.8 Å². The summed E-state index contributed by atoms with van der Waals surface area (Å²) in [7, 11) is 0. The monoisotopic (exact) mass is 239 g/mol. The molecule has 0 aromatic carbocycles. The Bertz CT molecular complexity index is 332. The second-order valence-electron chi connectivity index (χ2n) is 6.11.